The average molecular weight is 260 g/mol. The third kappa shape index (κ3) is 2.39. The minimum atomic E-state index is -0.411. The average Bonchev–Trinajstić information content (AvgIpc) is 2.69. The van der Waals surface area contributed by atoms with Gasteiger partial charge in [-0.1, -0.05) is 24.1 Å². The highest BCUT2D eigenvalue weighted by atomic mass is 16.2. The van der Waals surface area contributed by atoms with Gasteiger partial charge in [-0.3, -0.25) is 4.79 Å². The second-order valence-corrected chi connectivity index (χ2v) is 6.07. The predicted molar refractivity (Wildman–Crippen MR) is 79.3 cm³/mol. The Kier molecular flexibility index (Phi) is 3.68. The summed E-state index contributed by atoms with van der Waals surface area (Å²) in [4.78, 5) is 14.5. The molecule has 19 heavy (non-hydrogen) atoms. The van der Waals surface area contributed by atoms with Crippen LogP contribution in [0.4, 0.5) is 5.69 Å². The van der Waals surface area contributed by atoms with Crippen LogP contribution in [0.3, 0.4) is 0 Å². The summed E-state index contributed by atoms with van der Waals surface area (Å²) in [5.41, 5.74) is 9.06. The third-order valence-electron chi connectivity index (χ3n) is 4.54. The zero-order valence-corrected chi connectivity index (χ0v) is 12.4. The normalized spacial score (nSPS) is 26.5. The molecular formula is C16H24N2O. The maximum atomic E-state index is 12.8. The lowest BCUT2D eigenvalue weighted by Gasteiger charge is -2.33. The number of benzene rings is 1. The van der Waals surface area contributed by atoms with Crippen molar-refractivity contribution in [2.24, 2.45) is 11.1 Å². The van der Waals surface area contributed by atoms with Gasteiger partial charge in [0.05, 0.1) is 5.41 Å². The number of nitrogens with zero attached hydrogens (tertiary/aromatic N) is 1. The molecule has 3 heteroatoms. The van der Waals surface area contributed by atoms with E-state index in [-0.39, 0.29) is 11.9 Å². The number of amides is 1. The molecule has 0 spiro atoms. The summed E-state index contributed by atoms with van der Waals surface area (Å²) in [6, 6.07) is 6.15. The van der Waals surface area contributed by atoms with Crippen molar-refractivity contribution in [1.82, 2.24) is 0 Å². The molecule has 0 aliphatic heterocycles. The van der Waals surface area contributed by atoms with Crippen molar-refractivity contribution in [3.8, 4) is 0 Å². The Morgan fingerprint density at radius 2 is 2.11 bits per heavy atom. The van der Waals surface area contributed by atoms with Gasteiger partial charge in [0.15, 0.2) is 0 Å². The number of aryl methyl sites for hydroxylation is 2. The zero-order chi connectivity index (χ0) is 14.2. The Morgan fingerprint density at radius 1 is 1.42 bits per heavy atom. The highest BCUT2D eigenvalue weighted by molar-refractivity contribution is 5.98. The second-order valence-electron chi connectivity index (χ2n) is 6.07. The Bertz CT molecular complexity index is 498. The molecule has 2 rings (SSSR count). The van der Waals surface area contributed by atoms with Crippen LogP contribution < -0.4 is 10.6 Å². The lowest BCUT2D eigenvalue weighted by atomic mass is 9.83. The van der Waals surface area contributed by atoms with Crippen LogP contribution in [0.1, 0.15) is 37.3 Å². The van der Waals surface area contributed by atoms with E-state index >= 15 is 0 Å². The first kappa shape index (κ1) is 14.1. The van der Waals surface area contributed by atoms with Crippen molar-refractivity contribution in [1.29, 1.82) is 0 Å². The van der Waals surface area contributed by atoms with Crippen molar-refractivity contribution in [2.45, 2.75) is 46.1 Å². The largest absolute Gasteiger partial charge is 0.327 e. The van der Waals surface area contributed by atoms with Gasteiger partial charge in [0.1, 0.15) is 0 Å². The van der Waals surface area contributed by atoms with E-state index in [0.29, 0.717) is 0 Å². The molecule has 1 aromatic carbocycles. The Hall–Kier alpha value is -1.35. The Labute approximate surface area is 115 Å². The zero-order valence-electron chi connectivity index (χ0n) is 12.4. The molecule has 1 amide bonds. The van der Waals surface area contributed by atoms with E-state index in [9.17, 15) is 4.79 Å². The van der Waals surface area contributed by atoms with Crippen molar-refractivity contribution < 1.29 is 4.79 Å². The van der Waals surface area contributed by atoms with Crippen LogP contribution in [0.25, 0.3) is 0 Å². The van der Waals surface area contributed by atoms with Gasteiger partial charge in [0.25, 0.3) is 0 Å². The van der Waals surface area contributed by atoms with Gasteiger partial charge in [0.2, 0.25) is 5.91 Å². The number of nitrogens with two attached hydrogens (primary N) is 1. The smallest absolute Gasteiger partial charge is 0.234 e. The fraction of sp³-hybridized carbons (Fsp3) is 0.562. The highest BCUT2D eigenvalue weighted by Gasteiger charge is 2.44. The van der Waals surface area contributed by atoms with Crippen LogP contribution in [0.5, 0.6) is 0 Å². The van der Waals surface area contributed by atoms with Gasteiger partial charge in [-0.05, 0) is 45.2 Å². The van der Waals surface area contributed by atoms with Crippen molar-refractivity contribution in [2.75, 3.05) is 11.9 Å². The summed E-state index contributed by atoms with van der Waals surface area (Å²) in [7, 11) is 1.86. The maximum Gasteiger partial charge on any atom is 0.234 e. The van der Waals surface area contributed by atoms with Crippen LogP contribution in [0.15, 0.2) is 18.2 Å². The van der Waals surface area contributed by atoms with E-state index in [4.69, 9.17) is 5.73 Å². The van der Waals surface area contributed by atoms with E-state index in [1.54, 1.807) is 4.90 Å². The lowest BCUT2D eigenvalue weighted by molar-refractivity contribution is -0.127. The molecular weight excluding hydrogens is 236 g/mol. The van der Waals surface area contributed by atoms with E-state index in [2.05, 4.69) is 13.0 Å². The molecule has 2 unspecified atom stereocenters. The molecule has 1 fully saturated rings. The lowest BCUT2D eigenvalue weighted by Crippen LogP contribution is -2.48. The molecule has 2 atom stereocenters. The quantitative estimate of drug-likeness (QED) is 0.888. The fourth-order valence-electron chi connectivity index (χ4n) is 3.13. The summed E-state index contributed by atoms with van der Waals surface area (Å²) in [6.45, 7) is 6.11. The van der Waals surface area contributed by atoms with Gasteiger partial charge in [-0.2, -0.15) is 0 Å². The maximum absolute atomic E-state index is 12.8. The van der Waals surface area contributed by atoms with Crippen LogP contribution >= 0.6 is 0 Å². The Morgan fingerprint density at radius 3 is 2.63 bits per heavy atom. The standard InChI is InChI=1S/C16H24N2O/c1-11-7-8-13(12(2)10-11)18(4)15(19)16(3)9-5-6-14(16)17/h7-8,10,14H,5-6,9,17H2,1-4H3. The molecule has 1 saturated carbocycles. The van der Waals surface area contributed by atoms with E-state index in [0.717, 1.165) is 30.5 Å². The number of hydrogen-bond acceptors (Lipinski definition) is 2. The van der Waals surface area contributed by atoms with Gasteiger partial charge >= 0.3 is 0 Å². The predicted octanol–water partition coefficient (Wildman–Crippen LogP) is 2.78. The minimum Gasteiger partial charge on any atom is -0.327 e. The molecule has 3 nitrogen and oxygen atoms in total. The molecule has 104 valence electrons. The molecule has 0 bridgehead atoms. The molecule has 0 radical (unpaired) electrons. The number of carbonyl (C=O) groups is 1. The monoisotopic (exact) mass is 260 g/mol. The van der Waals surface area contributed by atoms with E-state index in [1.807, 2.05) is 33.0 Å². The van der Waals surface area contributed by atoms with E-state index in [1.165, 1.54) is 5.56 Å². The van der Waals surface area contributed by atoms with Gasteiger partial charge in [0, 0.05) is 18.8 Å². The SMILES string of the molecule is Cc1ccc(N(C)C(=O)C2(C)CCCC2N)c(C)c1. The van der Waals surface area contributed by atoms with Gasteiger partial charge in [-0.25, -0.2) is 0 Å². The molecule has 1 aliphatic carbocycles. The molecule has 0 saturated heterocycles. The molecule has 0 heterocycles. The third-order valence-corrected chi connectivity index (χ3v) is 4.54. The van der Waals surface area contributed by atoms with E-state index < -0.39 is 5.41 Å². The molecule has 2 N–H and O–H groups in total. The Balaban J connectivity index is 2.28. The van der Waals surface area contributed by atoms with Crippen molar-refractivity contribution in [3.63, 3.8) is 0 Å². The second kappa shape index (κ2) is 4.97. The molecule has 0 aromatic heterocycles. The first-order valence-electron chi connectivity index (χ1n) is 6.97. The molecule has 1 aliphatic rings. The van der Waals surface area contributed by atoms with Crippen LogP contribution in [0, 0.1) is 19.3 Å². The summed E-state index contributed by atoms with van der Waals surface area (Å²) < 4.78 is 0. The van der Waals surface area contributed by atoms with Gasteiger partial charge < -0.3 is 10.6 Å². The summed E-state index contributed by atoms with van der Waals surface area (Å²) in [5.74, 6) is 0.143. The fourth-order valence-corrected chi connectivity index (χ4v) is 3.13. The van der Waals surface area contributed by atoms with Crippen molar-refractivity contribution >= 4 is 11.6 Å². The summed E-state index contributed by atoms with van der Waals surface area (Å²) in [5, 5.41) is 0. The first-order chi connectivity index (χ1) is 8.86. The number of rotatable bonds is 2. The van der Waals surface area contributed by atoms with Crippen LogP contribution in [0.2, 0.25) is 0 Å². The van der Waals surface area contributed by atoms with Gasteiger partial charge in [-0.15, -0.1) is 0 Å². The van der Waals surface area contributed by atoms with Crippen molar-refractivity contribution in [3.05, 3.63) is 29.3 Å². The number of carbonyl (C=O) groups excluding carboxylic acids is 1. The summed E-state index contributed by atoms with van der Waals surface area (Å²) in [6.07, 6.45) is 2.88. The molecule has 1 aromatic rings. The van der Waals surface area contributed by atoms with Crippen LogP contribution in [-0.4, -0.2) is 19.0 Å². The highest BCUT2D eigenvalue weighted by Crippen LogP contribution is 2.39. The summed E-state index contributed by atoms with van der Waals surface area (Å²) >= 11 is 0. The minimum absolute atomic E-state index is 0.0202. The first-order valence-corrected chi connectivity index (χ1v) is 6.97. The van der Waals surface area contributed by atoms with Crippen LogP contribution in [-0.2, 0) is 4.79 Å². The number of hydrogen-bond donors (Lipinski definition) is 1. The number of anilines is 1. The topological polar surface area (TPSA) is 46.3 Å².